The lowest BCUT2D eigenvalue weighted by molar-refractivity contribution is -0.116. The fraction of sp³-hybridized carbons (Fsp3) is 0.533. The summed E-state index contributed by atoms with van der Waals surface area (Å²) in [6, 6.07) is 7.90. The van der Waals surface area contributed by atoms with Gasteiger partial charge in [0.05, 0.1) is 12.1 Å². The fourth-order valence-corrected chi connectivity index (χ4v) is 2.65. The van der Waals surface area contributed by atoms with Gasteiger partial charge in [0.1, 0.15) is 0 Å². The summed E-state index contributed by atoms with van der Waals surface area (Å²) in [5.41, 5.74) is 0.713. The summed E-state index contributed by atoms with van der Waals surface area (Å²) < 4.78 is 6.66. The lowest BCUT2D eigenvalue weighted by Gasteiger charge is -2.35. The molecule has 1 amide bonds. The van der Waals surface area contributed by atoms with Crippen LogP contribution in [0.4, 0.5) is 5.69 Å². The molecule has 0 aromatic heterocycles. The molecule has 1 heterocycles. The third-order valence-corrected chi connectivity index (χ3v) is 3.91. The monoisotopic (exact) mass is 340 g/mol. The van der Waals surface area contributed by atoms with E-state index in [1.54, 1.807) is 0 Å². The maximum absolute atomic E-state index is 11.9. The van der Waals surface area contributed by atoms with Crippen LogP contribution < -0.4 is 10.6 Å². The van der Waals surface area contributed by atoms with E-state index < -0.39 is 0 Å². The summed E-state index contributed by atoms with van der Waals surface area (Å²) in [6.45, 7) is 5.25. The van der Waals surface area contributed by atoms with Crippen molar-refractivity contribution < 1.29 is 9.53 Å². The molecular formula is C15H21BrN2O2. The summed E-state index contributed by atoms with van der Waals surface area (Å²) in [6.07, 6.45) is 1.88. The number of hydrogen-bond acceptors (Lipinski definition) is 3. The standard InChI is InChI=1S/C15H21BrN2O2/c1-15(2)9-13(7-8-20-15)17-10-14(19)18-12-5-3-11(16)4-6-12/h3-6,13,17H,7-10H2,1-2H3,(H,18,19). The first-order valence-electron chi connectivity index (χ1n) is 6.87. The quantitative estimate of drug-likeness (QED) is 0.885. The van der Waals surface area contributed by atoms with Gasteiger partial charge in [-0.05, 0) is 51.0 Å². The zero-order valence-electron chi connectivity index (χ0n) is 11.9. The van der Waals surface area contributed by atoms with E-state index in [1.807, 2.05) is 24.3 Å². The Hall–Kier alpha value is -0.910. The molecule has 1 aromatic rings. The number of carbonyl (C=O) groups is 1. The summed E-state index contributed by atoms with van der Waals surface area (Å²) in [5.74, 6) is -0.0170. The predicted octanol–water partition coefficient (Wildman–Crippen LogP) is 2.93. The van der Waals surface area contributed by atoms with Crippen molar-refractivity contribution in [1.82, 2.24) is 5.32 Å². The minimum Gasteiger partial charge on any atom is -0.375 e. The Kier molecular flexibility index (Phi) is 5.18. The van der Waals surface area contributed by atoms with Gasteiger partial charge in [-0.2, -0.15) is 0 Å². The highest BCUT2D eigenvalue weighted by Crippen LogP contribution is 2.23. The van der Waals surface area contributed by atoms with Gasteiger partial charge in [-0.15, -0.1) is 0 Å². The van der Waals surface area contributed by atoms with Crippen LogP contribution in [0.25, 0.3) is 0 Å². The molecule has 1 aromatic carbocycles. The van der Waals surface area contributed by atoms with E-state index in [0.717, 1.165) is 29.6 Å². The smallest absolute Gasteiger partial charge is 0.238 e. The maximum atomic E-state index is 11.9. The van der Waals surface area contributed by atoms with Gasteiger partial charge in [0, 0.05) is 22.8 Å². The normalized spacial score (nSPS) is 21.4. The Labute approximate surface area is 128 Å². The minimum atomic E-state index is -0.0991. The number of hydrogen-bond donors (Lipinski definition) is 2. The summed E-state index contributed by atoms with van der Waals surface area (Å²) >= 11 is 3.37. The van der Waals surface area contributed by atoms with E-state index in [-0.39, 0.29) is 11.5 Å². The molecule has 1 saturated heterocycles. The number of halogens is 1. The first-order valence-corrected chi connectivity index (χ1v) is 7.67. The Balaban J connectivity index is 1.76. The summed E-state index contributed by atoms with van der Waals surface area (Å²) in [4.78, 5) is 11.9. The molecule has 2 N–H and O–H groups in total. The molecule has 4 nitrogen and oxygen atoms in total. The third-order valence-electron chi connectivity index (χ3n) is 3.38. The maximum Gasteiger partial charge on any atom is 0.238 e. The molecule has 0 saturated carbocycles. The van der Waals surface area contributed by atoms with Crippen LogP contribution >= 0.6 is 15.9 Å². The minimum absolute atomic E-state index is 0.0170. The molecule has 1 aliphatic heterocycles. The second-order valence-electron chi connectivity index (χ2n) is 5.73. The second kappa shape index (κ2) is 6.70. The van der Waals surface area contributed by atoms with Gasteiger partial charge in [0.15, 0.2) is 0 Å². The first kappa shape index (κ1) is 15.5. The van der Waals surface area contributed by atoms with E-state index in [4.69, 9.17) is 4.74 Å². The van der Waals surface area contributed by atoms with Gasteiger partial charge in [0.25, 0.3) is 0 Å². The second-order valence-corrected chi connectivity index (χ2v) is 6.65. The van der Waals surface area contributed by atoms with E-state index in [1.165, 1.54) is 0 Å². The van der Waals surface area contributed by atoms with Crippen LogP contribution in [-0.2, 0) is 9.53 Å². The van der Waals surface area contributed by atoms with Crippen LogP contribution in [0.5, 0.6) is 0 Å². The van der Waals surface area contributed by atoms with Crippen molar-refractivity contribution in [3.63, 3.8) is 0 Å². The van der Waals surface area contributed by atoms with Crippen LogP contribution in [-0.4, -0.2) is 30.7 Å². The zero-order chi connectivity index (χ0) is 14.6. The lowest BCUT2D eigenvalue weighted by Crippen LogP contribution is -2.45. The SMILES string of the molecule is CC1(C)CC(NCC(=O)Nc2ccc(Br)cc2)CCO1. The molecule has 0 spiro atoms. The van der Waals surface area contributed by atoms with Crippen LogP contribution in [0, 0.1) is 0 Å². The molecule has 0 bridgehead atoms. The molecule has 0 radical (unpaired) electrons. The van der Waals surface area contributed by atoms with E-state index >= 15 is 0 Å². The van der Waals surface area contributed by atoms with Gasteiger partial charge in [-0.3, -0.25) is 4.79 Å². The highest BCUT2D eigenvalue weighted by Gasteiger charge is 2.28. The zero-order valence-corrected chi connectivity index (χ0v) is 13.5. The van der Waals surface area contributed by atoms with Crippen molar-refractivity contribution >= 4 is 27.5 Å². The average molecular weight is 341 g/mol. The number of rotatable bonds is 4. The van der Waals surface area contributed by atoms with E-state index in [0.29, 0.717) is 12.6 Å². The number of benzene rings is 1. The molecular weight excluding hydrogens is 320 g/mol. The number of anilines is 1. The largest absolute Gasteiger partial charge is 0.375 e. The molecule has 110 valence electrons. The molecule has 1 aliphatic rings. The van der Waals surface area contributed by atoms with Crippen molar-refractivity contribution in [1.29, 1.82) is 0 Å². The van der Waals surface area contributed by atoms with Crippen LogP contribution in [0.3, 0.4) is 0 Å². The van der Waals surface area contributed by atoms with Crippen molar-refractivity contribution in [2.75, 3.05) is 18.5 Å². The Bertz CT molecular complexity index is 459. The molecule has 1 unspecified atom stereocenters. The van der Waals surface area contributed by atoms with E-state index in [9.17, 15) is 4.79 Å². The number of nitrogens with one attached hydrogen (secondary N) is 2. The highest BCUT2D eigenvalue weighted by molar-refractivity contribution is 9.10. The van der Waals surface area contributed by atoms with Crippen molar-refractivity contribution in [3.05, 3.63) is 28.7 Å². The highest BCUT2D eigenvalue weighted by atomic mass is 79.9. The number of amides is 1. The fourth-order valence-electron chi connectivity index (χ4n) is 2.38. The van der Waals surface area contributed by atoms with Gasteiger partial charge in [0.2, 0.25) is 5.91 Å². The van der Waals surface area contributed by atoms with Crippen LogP contribution in [0.1, 0.15) is 26.7 Å². The predicted molar refractivity (Wildman–Crippen MR) is 83.8 cm³/mol. The Morgan fingerprint density at radius 1 is 1.40 bits per heavy atom. The van der Waals surface area contributed by atoms with Crippen molar-refractivity contribution in [2.24, 2.45) is 0 Å². The molecule has 1 fully saturated rings. The lowest BCUT2D eigenvalue weighted by atomic mass is 9.94. The van der Waals surface area contributed by atoms with Gasteiger partial charge in [-0.1, -0.05) is 15.9 Å². The van der Waals surface area contributed by atoms with Crippen LogP contribution in [0.15, 0.2) is 28.7 Å². The molecule has 20 heavy (non-hydrogen) atoms. The van der Waals surface area contributed by atoms with Crippen LogP contribution in [0.2, 0.25) is 0 Å². The molecule has 5 heteroatoms. The summed E-state index contributed by atoms with van der Waals surface area (Å²) in [5, 5.41) is 6.18. The van der Waals surface area contributed by atoms with Crippen molar-refractivity contribution in [3.8, 4) is 0 Å². The van der Waals surface area contributed by atoms with Crippen molar-refractivity contribution in [2.45, 2.75) is 38.3 Å². The van der Waals surface area contributed by atoms with Gasteiger partial charge >= 0.3 is 0 Å². The number of carbonyl (C=O) groups excluding carboxylic acids is 1. The number of ether oxygens (including phenoxy) is 1. The Morgan fingerprint density at radius 2 is 2.10 bits per heavy atom. The van der Waals surface area contributed by atoms with Gasteiger partial charge in [-0.25, -0.2) is 0 Å². The Morgan fingerprint density at radius 3 is 2.75 bits per heavy atom. The van der Waals surface area contributed by atoms with E-state index in [2.05, 4.69) is 40.4 Å². The average Bonchev–Trinajstić information content (AvgIpc) is 2.38. The molecule has 0 aliphatic carbocycles. The topological polar surface area (TPSA) is 50.4 Å². The van der Waals surface area contributed by atoms with Gasteiger partial charge < -0.3 is 15.4 Å². The molecule has 2 rings (SSSR count). The third kappa shape index (κ3) is 4.89. The summed E-state index contributed by atoms with van der Waals surface area (Å²) in [7, 11) is 0. The molecule has 1 atom stereocenters. The first-order chi connectivity index (χ1) is 9.44.